The van der Waals surface area contributed by atoms with Crippen LogP contribution < -0.4 is 5.32 Å². The van der Waals surface area contributed by atoms with Gasteiger partial charge in [-0.25, -0.2) is 0 Å². The van der Waals surface area contributed by atoms with Gasteiger partial charge < -0.3 is 10.4 Å². The fourth-order valence-electron chi connectivity index (χ4n) is 3.12. The number of aliphatic hydroxyl groups is 1. The van der Waals surface area contributed by atoms with Crippen LogP contribution in [0.3, 0.4) is 0 Å². The van der Waals surface area contributed by atoms with Crippen LogP contribution in [0.5, 0.6) is 0 Å². The summed E-state index contributed by atoms with van der Waals surface area (Å²) in [5, 5.41) is 14.3. The van der Waals surface area contributed by atoms with Crippen molar-refractivity contribution < 1.29 is 5.11 Å². The fourth-order valence-corrected chi connectivity index (χ4v) is 3.12. The highest BCUT2D eigenvalue weighted by atomic mass is 16.3. The van der Waals surface area contributed by atoms with E-state index in [1.807, 2.05) is 19.1 Å². The molecule has 104 valence electrons. The molecule has 1 fully saturated rings. The van der Waals surface area contributed by atoms with Gasteiger partial charge in [-0.2, -0.15) is 0 Å². The normalized spacial score (nSPS) is 30.1. The monoisotopic (exact) mass is 267 g/mol. The number of rotatable bonds is 2. The molecular weight excluding hydrogens is 246 g/mol. The van der Waals surface area contributed by atoms with Crippen molar-refractivity contribution in [3.05, 3.63) is 71.8 Å². The fraction of sp³-hybridized carbons (Fsp3) is 0.333. The van der Waals surface area contributed by atoms with Crippen molar-refractivity contribution in [2.45, 2.75) is 37.5 Å². The molecule has 0 aromatic heterocycles. The van der Waals surface area contributed by atoms with Crippen LogP contribution in [0.4, 0.5) is 0 Å². The zero-order valence-electron chi connectivity index (χ0n) is 11.8. The maximum absolute atomic E-state index is 10.6. The average Bonchev–Trinajstić information content (AvgIpc) is 2.47. The molecule has 2 atom stereocenters. The van der Waals surface area contributed by atoms with E-state index in [4.69, 9.17) is 0 Å². The highest BCUT2D eigenvalue weighted by molar-refractivity contribution is 5.25. The number of nitrogens with one attached hydrogen (secondary N) is 1. The van der Waals surface area contributed by atoms with Crippen molar-refractivity contribution in [1.82, 2.24) is 5.32 Å². The first-order valence-corrected chi connectivity index (χ1v) is 7.22. The van der Waals surface area contributed by atoms with Crippen LogP contribution in [-0.4, -0.2) is 10.7 Å². The summed E-state index contributed by atoms with van der Waals surface area (Å²) in [6.45, 7) is 1.94. The smallest absolute Gasteiger partial charge is 0.0656 e. The number of benzene rings is 2. The van der Waals surface area contributed by atoms with Crippen LogP contribution in [0.1, 0.15) is 43.0 Å². The Hall–Kier alpha value is -1.64. The van der Waals surface area contributed by atoms with Crippen LogP contribution in [0.15, 0.2) is 60.7 Å². The van der Waals surface area contributed by atoms with Crippen LogP contribution >= 0.6 is 0 Å². The first kappa shape index (κ1) is 13.3. The minimum atomic E-state index is -0.633. The van der Waals surface area contributed by atoms with E-state index in [1.165, 1.54) is 11.1 Å². The summed E-state index contributed by atoms with van der Waals surface area (Å²) in [5.74, 6) is 0. The van der Waals surface area contributed by atoms with Crippen LogP contribution in [0.2, 0.25) is 0 Å². The molecule has 1 aliphatic rings. The van der Waals surface area contributed by atoms with Gasteiger partial charge in [-0.05, 0) is 30.9 Å². The minimum absolute atomic E-state index is 0.199. The Bertz CT molecular complexity index is 501. The molecule has 20 heavy (non-hydrogen) atoms. The Morgan fingerprint density at radius 2 is 1.25 bits per heavy atom. The van der Waals surface area contributed by atoms with Gasteiger partial charge in [0.2, 0.25) is 0 Å². The molecule has 2 heteroatoms. The van der Waals surface area contributed by atoms with E-state index in [9.17, 15) is 5.11 Å². The van der Waals surface area contributed by atoms with Gasteiger partial charge in [-0.15, -0.1) is 0 Å². The molecule has 0 amide bonds. The van der Waals surface area contributed by atoms with E-state index in [-0.39, 0.29) is 12.1 Å². The second-order valence-electron chi connectivity index (χ2n) is 6.00. The molecule has 2 nitrogen and oxygen atoms in total. The highest BCUT2D eigenvalue weighted by Gasteiger charge is 2.36. The van der Waals surface area contributed by atoms with Gasteiger partial charge in [0.15, 0.2) is 0 Å². The van der Waals surface area contributed by atoms with Gasteiger partial charge in [0, 0.05) is 12.1 Å². The Balaban J connectivity index is 1.87. The van der Waals surface area contributed by atoms with Crippen LogP contribution in [-0.2, 0) is 0 Å². The van der Waals surface area contributed by atoms with Crippen molar-refractivity contribution in [1.29, 1.82) is 0 Å². The lowest BCUT2D eigenvalue weighted by molar-refractivity contribution is -0.00426. The molecule has 1 heterocycles. The number of hydrogen-bond acceptors (Lipinski definition) is 2. The summed E-state index contributed by atoms with van der Waals surface area (Å²) in [6.07, 6.45) is 1.50. The Morgan fingerprint density at radius 3 is 1.65 bits per heavy atom. The largest absolute Gasteiger partial charge is 0.390 e. The molecule has 0 saturated carbocycles. The number of hydrogen-bond donors (Lipinski definition) is 2. The van der Waals surface area contributed by atoms with E-state index < -0.39 is 5.60 Å². The maximum atomic E-state index is 10.6. The van der Waals surface area contributed by atoms with E-state index in [2.05, 4.69) is 53.8 Å². The lowest BCUT2D eigenvalue weighted by atomic mass is 9.80. The third-order valence-corrected chi connectivity index (χ3v) is 4.09. The maximum Gasteiger partial charge on any atom is 0.0656 e. The topological polar surface area (TPSA) is 32.3 Å². The predicted octanol–water partition coefficient (Wildman–Crippen LogP) is 3.60. The van der Waals surface area contributed by atoms with Crippen molar-refractivity contribution in [2.24, 2.45) is 0 Å². The molecule has 2 aromatic rings. The summed E-state index contributed by atoms with van der Waals surface area (Å²) >= 11 is 0. The van der Waals surface area contributed by atoms with Crippen molar-refractivity contribution >= 4 is 0 Å². The summed E-state index contributed by atoms with van der Waals surface area (Å²) in [7, 11) is 0. The zero-order valence-corrected chi connectivity index (χ0v) is 11.8. The predicted molar refractivity (Wildman–Crippen MR) is 81.4 cm³/mol. The molecule has 0 unspecified atom stereocenters. The van der Waals surface area contributed by atoms with E-state index in [0.717, 1.165) is 12.8 Å². The third-order valence-electron chi connectivity index (χ3n) is 4.09. The Kier molecular flexibility index (Phi) is 3.60. The molecule has 0 aliphatic carbocycles. The van der Waals surface area contributed by atoms with Gasteiger partial charge >= 0.3 is 0 Å². The Morgan fingerprint density at radius 1 is 0.850 bits per heavy atom. The Labute approximate surface area is 120 Å². The number of piperidine rings is 1. The van der Waals surface area contributed by atoms with Crippen molar-refractivity contribution in [3.63, 3.8) is 0 Å². The third kappa shape index (κ3) is 2.92. The molecule has 3 rings (SSSR count). The summed E-state index contributed by atoms with van der Waals surface area (Å²) < 4.78 is 0. The summed E-state index contributed by atoms with van der Waals surface area (Å²) in [4.78, 5) is 0. The lowest BCUT2D eigenvalue weighted by Crippen LogP contribution is -2.43. The second kappa shape index (κ2) is 5.39. The summed E-state index contributed by atoms with van der Waals surface area (Å²) in [6, 6.07) is 21.2. The lowest BCUT2D eigenvalue weighted by Gasteiger charge is -2.40. The molecule has 2 aromatic carbocycles. The van der Waals surface area contributed by atoms with Gasteiger partial charge in [0.25, 0.3) is 0 Å². The highest BCUT2D eigenvalue weighted by Crippen LogP contribution is 2.38. The zero-order chi connectivity index (χ0) is 14.0. The molecular formula is C18H21NO. The van der Waals surface area contributed by atoms with Gasteiger partial charge in [-0.1, -0.05) is 60.7 Å². The van der Waals surface area contributed by atoms with Gasteiger partial charge in [-0.3, -0.25) is 0 Å². The molecule has 0 bridgehead atoms. The average molecular weight is 267 g/mol. The van der Waals surface area contributed by atoms with Crippen molar-refractivity contribution in [3.8, 4) is 0 Å². The van der Waals surface area contributed by atoms with Crippen molar-refractivity contribution in [2.75, 3.05) is 0 Å². The second-order valence-corrected chi connectivity index (χ2v) is 6.00. The molecule has 0 radical (unpaired) electrons. The van der Waals surface area contributed by atoms with E-state index >= 15 is 0 Å². The molecule has 0 spiro atoms. The standard InChI is InChI=1S/C18H21NO/c1-18(20)12-16(14-8-4-2-5-9-14)19-17(13-18)15-10-6-3-7-11-15/h2-11,16-17,19-20H,12-13H2,1H3/t16-,17-/m1/s1. The van der Waals surface area contributed by atoms with Crippen LogP contribution in [0, 0.1) is 0 Å². The van der Waals surface area contributed by atoms with Gasteiger partial charge in [0.05, 0.1) is 5.60 Å². The first-order chi connectivity index (χ1) is 9.64. The van der Waals surface area contributed by atoms with E-state index in [0.29, 0.717) is 0 Å². The molecule has 1 saturated heterocycles. The molecule has 1 aliphatic heterocycles. The quantitative estimate of drug-likeness (QED) is 0.871. The van der Waals surface area contributed by atoms with E-state index in [1.54, 1.807) is 0 Å². The first-order valence-electron chi connectivity index (χ1n) is 7.22. The summed E-state index contributed by atoms with van der Waals surface area (Å²) in [5.41, 5.74) is 1.86. The molecule has 2 N–H and O–H groups in total. The minimum Gasteiger partial charge on any atom is -0.390 e. The van der Waals surface area contributed by atoms with Crippen LogP contribution in [0.25, 0.3) is 0 Å². The SMILES string of the molecule is CC1(O)C[C@H](c2ccccc2)N[C@@H](c2ccccc2)C1. The van der Waals surface area contributed by atoms with Gasteiger partial charge in [0.1, 0.15) is 0 Å².